The highest BCUT2D eigenvalue weighted by Gasteiger charge is 2.13. The van der Waals surface area contributed by atoms with Crippen molar-refractivity contribution >= 4 is 21.8 Å². The highest BCUT2D eigenvalue weighted by Crippen LogP contribution is 2.15. The standard InChI is InChI=1S/C13H21BrN2O2/c1-4-6-16-9-11(14)7-12(16)13(17)15-8-10(3)18-5-2/h7,9-10H,4-6,8H2,1-3H3,(H,15,17). The fraction of sp³-hybridized carbons (Fsp3) is 0.615. The Labute approximate surface area is 117 Å². The monoisotopic (exact) mass is 316 g/mol. The van der Waals surface area contributed by atoms with E-state index in [2.05, 4.69) is 28.2 Å². The molecule has 0 spiro atoms. The molecule has 0 saturated carbocycles. The van der Waals surface area contributed by atoms with Crippen molar-refractivity contribution in [2.24, 2.45) is 0 Å². The molecule has 1 heterocycles. The molecule has 1 rings (SSSR count). The van der Waals surface area contributed by atoms with Gasteiger partial charge in [0.1, 0.15) is 5.69 Å². The zero-order valence-electron chi connectivity index (χ0n) is 11.2. The number of aromatic nitrogens is 1. The summed E-state index contributed by atoms with van der Waals surface area (Å²) in [6.07, 6.45) is 2.97. The highest BCUT2D eigenvalue weighted by atomic mass is 79.9. The van der Waals surface area contributed by atoms with Crippen molar-refractivity contribution in [2.75, 3.05) is 13.2 Å². The van der Waals surface area contributed by atoms with Crippen molar-refractivity contribution in [2.45, 2.75) is 39.8 Å². The van der Waals surface area contributed by atoms with E-state index in [4.69, 9.17) is 4.74 Å². The van der Waals surface area contributed by atoms with Gasteiger partial charge in [0.25, 0.3) is 5.91 Å². The van der Waals surface area contributed by atoms with E-state index < -0.39 is 0 Å². The smallest absolute Gasteiger partial charge is 0.268 e. The van der Waals surface area contributed by atoms with Gasteiger partial charge in [-0.25, -0.2) is 0 Å². The van der Waals surface area contributed by atoms with E-state index in [0.717, 1.165) is 17.4 Å². The van der Waals surface area contributed by atoms with Gasteiger partial charge in [0, 0.05) is 30.4 Å². The van der Waals surface area contributed by atoms with Crippen LogP contribution in [0.2, 0.25) is 0 Å². The van der Waals surface area contributed by atoms with Gasteiger partial charge in [0.05, 0.1) is 6.10 Å². The zero-order chi connectivity index (χ0) is 13.5. The first-order valence-corrected chi connectivity index (χ1v) is 7.13. The Morgan fingerprint density at radius 3 is 2.89 bits per heavy atom. The summed E-state index contributed by atoms with van der Waals surface area (Å²) >= 11 is 3.40. The van der Waals surface area contributed by atoms with Gasteiger partial charge in [-0.3, -0.25) is 4.79 Å². The van der Waals surface area contributed by atoms with Crippen LogP contribution in [0.3, 0.4) is 0 Å². The van der Waals surface area contributed by atoms with Crippen molar-refractivity contribution in [1.82, 2.24) is 9.88 Å². The average Bonchev–Trinajstić information content (AvgIpc) is 2.68. The molecule has 0 aliphatic heterocycles. The number of nitrogens with zero attached hydrogens (tertiary/aromatic N) is 1. The van der Waals surface area contributed by atoms with Crippen molar-refractivity contribution < 1.29 is 9.53 Å². The third kappa shape index (κ3) is 4.46. The average molecular weight is 317 g/mol. The van der Waals surface area contributed by atoms with Crippen LogP contribution >= 0.6 is 15.9 Å². The number of rotatable bonds is 7. The molecular formula is C13H21BrN2O2. The number of carbonyl (C=O) groups is 1. The molecular weight excluding hydrogens is 296 g/mol. The lowest BCUT2D eigenvalue weighted by Gasteiger charge is -2.13. The lowest BCUT2D eigenvalue weighted by molar-refractivity contribution is 0.0691. The molecule has 0 aromatic carbocycles. The number of carbonyl (C=O) groups excluding carboxylic acids is 1. The minimum absolute atomic E-state index is 0.0389. The molecule has 1 N–H and O–H groups in total. The fourth-order valence-electron chi connectivity index (χ4n) is 1.76. The second kappa shape index (κ2) is 7.59. The van der Waals surface area contributed by atoms with Gasteiger partial charge >= 0.3 is 0 Å². The van der Waals surface area contributed by atoms with E-state index in [-0.39, 0.29) is 12.0 Å². The third-order valence-electron chi connectivity index (χ3n) is 2.56. The van der Waals surface area contributed by atoms with Crippen LogP contribution in [0.4, 0.5) is 0 Å². The van der Waals surface area contributed by atoms with Gasteiger partial charge in [0.2, 0.25) is 0 Å². The van der Waals surface area contributed by atoms with Crippen LogP contribution in [-0.2, 0) is 11.3 Å². The lowest BCUT2D eigenvalue weighted by Crippen LogP contribution is -2.33. The lowest BCUT2D eigenvalue weighted by atomic mass is 10.3. The number of amides is 1. The van der Waals surface area contributed by atoms with E-state index in [9.17, 15) is 4.79 Å². The fourth-order valence-corrected chi connectivity index (χ4v) is 2.23. The van der Waals surface area contributed by atoms with Gasteiger partial charge in [-0.15, -0.1) is 0 Å². The minimum atomic E-state index is -0.0549. The summed E-state index contributed by atoms with van der Waals surface area (Å²) in [7, 11) is 0. The van der Waals surface area contributed by atoms with Gasteiger partial charge < -0.3 is 14.6 Å². The summed E-state index contributed by atoms with van der Waals surface area (Å²) in [6.45, 7) is 8.02. The Bertz CT molecular complexity index is 390. The van der Waals surface area contributed by atoms with E-state index in [1.54, 1.807) is 0 Å². The summed E-state index contributed by atoms with van der Waals surface area (Å²) in [5.41, 5.74) is 0.687. The number of ether oxygens (including phenoxy) is 1. The van der Waals surface area contributed by atoms with Crippen LogP contribution < -0.4 is 5.32 Å². The van der Waals surface area contributed by atoms with Crippen LogP contribution in [-0.4, -0.2) is 29.7 Å². The number of hydrogen-bond donors (Lipinski definition) is 1. The first-order chi connectivity index (χ1) is 8.58. The third-order valence-corrected chi connectivity index (χ3v) is 3.00. The van der Waals surface area contributed by atoms with Crippen molar-refractivity contribution in [3.8, 4) is 0 Å². The van der Waals surface area contributed by atoms with Crippen LogP contribution in [0, 0.1) is 0 Å². The molecule has 0 fully saturated rings. The predicted molar refractivity (Wildman–Crippen MR) is 75.8 cm³/mol. The van der Waals surface area contributed by atoms with Gasteiger partial charge in [-0.2, -0.15) is 0 Å². The molecule has 18 heavy (non-hydrogen) atoms. The molecule has 0 aliphatic rings. The summed E-state index contributed by atoms with van der Waals surface area (Å²) in [5, 5.41) is 2.89. The summed E-state index contributed by atoms with van der Waals surface area (Å²) in [4.78, 5) is 12.1. The molecule has 1 amide bonds. The number of nitrogens with one attached hydrogen (secondary N) is 1. The second-order valence-corrected chi connectivity index (χ2v) is 5.13. The Balaban J connectivity index is 2.60. The van der Waals surface area contributed by atoms with E-state index in [1.165, 1.54) is 0 Å². The molecule has 1 unspecified atom stereocenters. The Morgan fingerprint density at radius 2 is 2.28 bits per heavy atom. The summed E-state index contributed by atoms with van der Waals surface area (Å²) in [6, 6.07) is 1.84. The van der Waals surface area contributed by atoms with Crippen molar-refractivity contribution in [1.29, 1.82) is 0 Å². The molecule has 0 saturated heterocycles. The molecule has 1 aromatic heterocycles. The van der Waals surface area contributed by atoms with Crippen molar-refractivity contribution in [3.05, 3.63) is 22.4 Å². The predicted octanol–water partition coefficient (Wildman–Crippen LogP) is 2.82. The summed E-state index contributed by atoms with van der Waals surface area (Å²) in [5.74, 6) is -0.0549. The molecule has 0 radical (unpaired) electrons. The molecule has 1 aromatic rings. The molecule has 1 atom stereocenters. The molecule has 5 heteroatoms. The largest absolute Gasteiger partial charge is 0.377 e. The van der Waals surface area contributed by atoms with Crippen LogP contribution in [0.25, 0.3) is 0 Å². The van der Waals surface area contributed by atoms with Crippen LogP contribution in [0.1, 0.15) is 37.7 Å². The normalized spacial score (nSPS) is 12.4. The molecule has 102 valence electrons. The topological polar surface area (TPSA) is 43.3 Å². The quantitative estimate of drug-likeness (QED) is 0.840. The SMILES string of the molecule is CCCn1cc(Br)cc1C(=O)NCC(C)OCC. The van der Waals surface area contributed by atoms with Crippen LogP contribution in [0.15, 0.2) is 16.7 Å². The maximum absolute atomic E-state index is 12.1. The maximum atomic E-state index is 12.1. The van der Waals surface area contributed by atoms with Gasteiger partial charge in [-0.1, -0.05) is 6.92 Å². The molecule has 0 aliphatic carbocycles. The zero-order valence-corrected chi connectivity index (χ0v) is 12.8. The molecule has 0 bridgehead atoms. The van der Waals surface area contributed by atoms with E-state index in [1.807, 2.05) is 30.7 Å². The Kier molecular flexibility index (Phi) is 6.43. The number of aryl methyl sites for hydroxylation is 1. The first kappa shape index (κ1) is 15.2. The van der Waals surface area contributed by atoms with Gasteiger partial charge in [0.15, 0.2) is 0 Å². The molecule has 4 nitrogen and oxygen atoms in total. The highest BCUT2D eigenvalue weighted by molar-refractivity contribution is 9.10. The maximum Gasteiger partial charge on any atom is 0.268 e. The summed E-state index contributed by atoms with van der Waals surface area (Å²) < 4.78 is 8.27. The van der Waals surface area contributed by atoms with E-state index >= 15 is 0 Å². The Morgan fingerprint density at radius 1 is 1.56 bits per heavy atom. The van der Waals surface area contributed by atoms with Crippen molar-refractivity contribution in [3.63, 3.8) is 0 Å². The minimum Gasteiger partial charge on any atom is -0.377 e. The number of halogens is 1. The van der Waals surface area contributed by atoms with Crippen LogP contribution in [0.5, 0.6) is 0 Å². The second-order valence-electron chi connectivity index (χ2n) is 4.21. The number of hydrogen-bond acceptors (Lipinski definition) is 2. The van der Waals surface area contributed by atoms with E-state index in [0.29, 0.717) is 18.8 Å². The van der Waals surface area contributed by atoms with Gasteiger partial charge in [-0.05, 0) is 42.3 Å². The Hall–Kier alpha value is -0.810. The first-order valence-electron chi connectivity index (χ1n) is 6.33.